The van der Waals surface area contributed by atoms with Crippen LogP contribution in [0.5, 0.6) is 0 Å². The fourth-order valence-corrected chi connectivity index (χ4v) is 4.80. The summed E-state index contributed by atoms with van der Waals surface area (Å²) in [5.74, 6) is -0.809. The third-order valence-corrected chi connectivity index (χ3v) is 6.39. The molecular weight excluding hydrogens is 404 g/mol. The van der Waals surface area contributed by atoms with Gasteiger partial charge in [-0.15, -0.1) is 16.4 Å². The number of carbonyl (C=O) groups is 2. The summed E-state index contributed by atoms with van der Waals surface area (Å²) in [5.41, 5.74) is 1.70. The van der Waals surface area contributed by atoms with E-state index in [0.717, 1.165) is 35.9 Å². The summed E-state index contributed by atoms with van der Waals surface area (Å²) in [5, 5.41) is 11.6. The number of fused-ring (bicyclic) bond motifs is 3. The first kappa shape index (κ1) is 20.2. The van der Waals surface area contributed by atoms with Crippen molar-refractivity contribution in [3.05, 3.63) is 50.6 Å². The number of thiophene rings is 1. The van der Waals surface area contributed by atoms with Crippen LogP contribution in [0.3, 0.4) is 0 Å². The Balaban J connectivity index is 1.55. The molecule has 3 aromatic rings. The van der Waals surface area contributed by atoms with Gasteiger partial charge in [0.05, 0.1) is 17.6 Å². The highest BCUT2D eigenvalue weighted by Crippen LogP contribution is 2.33. The van der Waals surface area contributed by atoms with Crippen molar-refractivity contribution in [1.29, 1.82) is 0 Å². The number of anilines is 1. The van der Waals surface area contributed by atoms with E-state index in [9.17, 15) is 14.4 Å². The van der Waals surface area contributed by atoms with Crippen molar-refractivity contribution >= 4 is 39.1 Å². The van der Waals surface area contributed by atoms with Gasteiger partial charge in [-0.2, -0.15) is 4.68 Å². The van der Waals surface area contributed by atoms with Gasteiger partial charge in [-0.05, 0) is 69.4 Å². The summed E-state index contributed by atoms with van der Waals surface area (Å²) in [6, 6.07) is 5.55. The molecule has 2 aromatic heterocycles. The number of amides is 1. The molecule has 1 atom stereocenters. The summed E-state index contributed by atoms with van der Waals surface area (Å²) in [4.78, 5) is 39.4. The zero-order chi connectivity index (χ0) is 21.3. The second-order valence-electron chi connectivity index (χ2n) is 7.19. The van der Waals surface area contributed by atoms with Crippen LogP contribution in [0.4, 0.5) is 5.69 Å². The first-order chi connectivity index (χ1) is 14.5. The van der Waals surface area contributed by atoms with Crippen LogP contribution in [0.2, 0.25) is 0 Å². The molecule has 1 N–H and O–H groups in total. The molecule has 0 aliphatic heterocycles. The van der Waals surface area contributed by atoms with Crippen LogP contribution in [0, 0.1) is 0 Å². The number of aryl methyl sites for hydroxylation is 2. The third-order valence-electron chi connectivity index (χ3n) is 5.22. The average molecular weight is 426 g/mol. The lowest BCUT2D eigenvalue weighted by Crippen LogP contribution is -2.34. The monoisotopic (exact) mass is 426 g/mol. The highest BCUT2D eigenvalue weighted by molar-refractivity contribution is 7.18. The Morgan fingerprint density at radius 2 is 1.97 bits per heavy atom. The molecule has 156 valence electrons. The van der Waals surface area contributed by atoms with Crippen LogP contribution in [0.1, 0.15) is 53.5 Å². The molecule has 1 aromatic carbocycles. The zero-order valence-electron chi connectivity index (χ0n) is 16.8. The largest absolute Gasteiger partial charge is 0.462 e. The molecule has 0 radical (unpaired) electrons. The number of carbonyl (C=O) groups excluding carboxylic acids is 2. The Morgan fingerprint density at radius 1 is 1.23 bits per heavy atom. The van der Waals surface area contributed by atoms with E-state index in [-0.39, 0.29) is 5.56 Å². The van der Waals surface area contributed by atoms with Crippen molar-refractivity contribution in [2.24, 2.45) is 0 Å². The molecule has 0 saturated carbocycles. The van der Waals surface area contributed by atoms with Crippen molar-refractivity contribution in [3.8, 4) is 0 Å². The fraction of sp³-hybridized carbons (Fsp3) is 0.381. The minimum atomic E-state index is -0.835. The van der Waals surface area contributed by atoms with E-state index in [1.54, 1.807) is 38.1 Å². The smallest absolute Gasteiger partial charge is 0.338 e. The van der Waals surface area contributed by atoms with Gasteiger partial charge in [-0.1, -0.05) is 5.21 Å². The Kier molecular flexibility index (Phi) is 5.63. The van der Waals surface area contributed by atoms with Gasteiger partial charge in [0.1, 0.15) is 6.04 Å². The molecule has 30 heavy (non-hydrogen) atoms. The second-order valence-corrected chi connectivity index (χ2v) is 8.28. The van der Waals surface area contributed by atoms with Crippen molar-refractivity contribution in [1.82, 2.24) is 15.0 Å². The minimum Gasteiger partial charge on any atom is -0.462 e. The number of ether oxygens (including phenoxy) is 1. The van der Waals surface area contributed by atoms with Crippen LogP contribution < -0.4 is 10.9 Å². The Bertz CT molecular complexity index is 1170. The number of hydrogen-bond acceptors (Lipinski definition) is 7. The van der Waals surface area contributed by atoms with Crippen molar-refractivity contribution in [2.45, 2.75) is 45.6 Å². The lowest BCUT2D eigenvalue weighted by molar-refractivity contribution is -0.119. The normalized spacial score (nSPS) is 14.2. The van der Waals surface area contributed by atoms with Gasteiger partial charge in [0.2, 0.25) is 5.91 Å². The maximum Gasteiger partial charge on any atom is 0.338 e. The Morgan fingerprint density at radius 3 is 2.70 bits per heavy atom. The number of esters is 1. The predicted octanol–water partition coefficient (Wildman–Crippen LogP) is 3.11. The quantitative estimate of drug-likeness (QED) is 0.629. The number of hydrogen-bond donors (Lipinski definition) is 1. The van der Waals surface area contributed by atoms with Crippen LogP contribution >= 0.6 is 11.3 Å². The summed E-state index contributed by atoms with van der Waals surface area (Å²) in [6.45, 7) is 3.65. The van der Waals surface area contributed by atoms with Gasteiger partial charge in [0, 0.05) is 10.6 Å². The van der Waals surface area contributed by atoms with Gasteiger partial charge >= 0.3 is 5.97 Å². The Hall–Kier alpha value is -3.07. The third kappa shape index (κ3) is 3.72. The van der Waals surface area contributed by atoms with E-state index in [0.29, 0.717) is 28.1 Å². The molecule has 0 spiro atoms. The second kappa shape index (κ2) is 8.35. The summed E-state index contributed by atoms with van der Waals surface area (Å²) >= 11 is 1.53. The first-order valence-corrected chi connectivity index (χ1v) is 10.8. The topological polar surface area (TPSA) is 103 Å². The predicted molar refractivity (Wildman–Crippen MR) is 114 cm³/mol. The van der Waals surface area contributed by atoms with Crippen LogP contribution in [0.15, 0.2) is 29.1 Å². The maximum absolute atomic E-state index is 13.1. The minimum absolute atomic E-state index is 0.278. The fourth-order valence-electron chi connectivity index (χ4n) is 3.60. The van der Waals surface area contributed by atoms with Crippen molar-refractivity contribution < 1.29 is 14.3 Å². The van der Waals surface area contributed by atoms with E-state index >= 15 is 0 Å². The lowest BCUT2D eigenvalue weighted by atomic mass is 9.97. The van der Waals surface area contributed by atoms with Crippen molar-refractivity contribution in [3.63, 3.8) is 0 Å². The molecular formula is C21H22N4O4S. The number of aromatic nitrogens is 3. The van der Waals surface area contributed by atoms with E-state index in [1.165, 1.54) is 16.2 Å². The summed E-state index contributed by atoms with van der Waals surface area (Å²) in [6.07, 6.45) is 4.00. The van der Waals surface area contributed by atoms with E-state index in [2.05, 4.69) is 15.6 Å². The van der Waals surface area contributed by atoms with Crippen LogP contribution in [-0.2, 0) is 22.4 Å². The number of nitrogens with zero attached hydrogens (tertiary/aromatic N) is 3. The molecule has 2 heterocycles. The van der Waals surface area contributed by atoms with Crippen LogP contribution in [-0.4, -0.2) is 33.5 Å². The van der Waals surface area contributed by atoms with E-state index < -0.39 is 17.9 Å². The van der Waals surface area contributed by atoms with Gasteiger partial charge in [-0.25, -0.2) is 4.79 Å². The van der Waals surface area contributed by atoms with Crippen molar-refractivity contribution in [2.75, 3.05) is 11.9 Å². The lowest BCUT2D eigenvalue weighted by Gasteiger charge is -2.14. The van der Waals surface area contributed by atoms with Gasteiger partial charge in [0.15, 0.2) is 4.83 Å². The van der Waals surface area contributed by atoms with E-state index in [1.807, 2.05) is 0 Å². The average Bonchev–Trinajstić information content (AvgIpc) is 3.13. The molecule has 0 bridgehead atoms. The maximum atomic E-state index is 13.1. The zero-order valence-corrected chi connectivity index (χ0v) is 17.6. The molecule has 1 amide bonds. The highest BCUT2D eigenvalue weighted by Gasteiger charge is 2.24. The number of rotatable bonds is 5. The SMILES string of the molecule is CCOC(=O)c1ccc(NC(=O)C(C)n2nnc3sc4c(c3c2=O)CCCC4)cc1. The summed E-state index contributed by atoms with van der Waals surface area (Å²) < 4.78 is 6.09. The molecule has 8 nitrogen and oxygen atoms in total. The molecule has 4 rings (SSSR count). The first-order valence-electron chi connectivity index (χ1n) is 9.97. The molecule has 1 aliphatic rings. The van der Waals surface area contributed by atoms with Gasteiger partial charge in [-0.3, -0.25) is 9.59 Å². The van der Waals surface area contributed by atoms with Gasteiger partial charge < -0.3 is 10.1 Å². The standard InChI is InChI=1S/C21H22N4O4S/c1-3-29-21(28)13-8-10-14(11-9-13)22-18(26)12(2)25-20(27)17-15-6-4-5-7-16(15)30-19(17)23-24-25/h8-12H,3-7H2,1-2H3,(H,22,26). The summed E-state index contributed by atoms with van der Waals surface area (Å²) in [7, 11) is 0. The number of nitrogens with one attached hydrogen (secondary N) is 1. The van der Waals surface area contributed by atoms with E-state index in [4.69, 9.17) is 4.74 Å². The molecule has 1 aliphatic carbocycles. The molecule has 9 heteroatoms. The van der Waals surface area contributed by atoms with Crippen LogP contribution in [0.25, 0.3) is 10.2 Å². The number of benzene rings is 1. The van der Waals surface area contributed by atoms with Gasteiger partial charge in [0.25, 0.3) is 5.56 Å². The highest BCUT2D eigenvalue weighted by atomic mass is 32.1. The molecule has 0 fully saturated rings. The molecule has 0 saturated heterocycles. The Labute approximate surface area is 176 Å². The molecule has 1 unspecified atom stereocenters.